The van der Waals surface area contributed by atoms with E-state index < -0.39 is 0 Å². The summed E-state index contributed by atoms with van der Waals surface area (Å²) in [6.45, 7) is 7.40. The van der Waals surface area contributed by atoms with Crippen LogP contribution in [0, 0.1) is 11.8 Å². The Labute approximate surface area is 184 Å². The summed E-state index contributed by atoms with van der Waals surface area (Å²) in [5.41, 5.74) is 1.40. The first-order valence-corrected chi connectivity index (χ1v) is 12.8. The third-order valence-corrected chi connectivity index (χ3v) is 8.21. The van der Waals surface area contributed by atoms with E-state index in [-0.39, 0.29) is 5.56 Å². The Kier molecular flexibility index (Phi) is 5.43. The summed E-state index contributed by atoms with van der Waals surface area (Å²) in [7, 11) is 0. The summed E-state index contributed by atoms with van der Waals surface area (Å²) in [6, 6.07) is 0.445. The third-order valence-electron chi connectivity index (χ3n) is 6.09. The lowest BCUT2D eigenvalue weighted by Gasteiger charge is -2.18. The fraction of sp³-hybridized carbons (Fsp3) is 0.667. The number of aryl methyl sites for hydroxylation is 1. The second-order valence-corrected chi connectivity index (χ2v) is 11.2. The summed E-state index contributed by atoms with van der Waals surface area (Å²) in [5.74, 6) is 2.71. The first kappa shape index (κ1) is 20.2. The summed E-state index contributed by atoms with van der Waals surface area (Å²) in [6.07, 6.45) is 6.48. The van der Waals surface area contributed by atoms with Gasteiger partial charge in [0.1, 0.15) is 4.83 Å². The summed E-state index contributed by atoms with van der Waals surface area (Å²) >= 11 is 3.31. The molecule has 0 radical (unpaired) electrons. The minimum Gasteiger partial charge on any atom is -0.287 e. The zero-order valence-electron chi connectivity index (χ0n) is 17.8. The molecule has 0 amide bonds. The van der Waals surface area contributed by atoms with Crippen molar-refractivity contribution in [3.8, 4) is 0 Å². The molecule has 0 unspecified atom stereocenters. The molecular weight excluding hydrogens is 416 g/mol. The quantitative estimate of drug-likeness (QED) is 0.401. The van der Waals surface area contributed by atoms with Gasteiger partial charge in [0.05, 0.1) is 17.2 Å². The Balaban J connectivity index is 1.52. The summed E-state index contributed by atoms with van der Waals surface area (Å²) in [4.78, 5) is 20.9. The molecule has 0 N–H and O–H groups in total. The highest BCUT2D eigenvalue weighted by molar-refractivity contribution is 7.98. The SMILES string of the molecule is CC(C)CCn1c(SCc2nnnn2C2CC2)nc2sc3c(c2c1=O)CC[C@@H](C)C3. The minimum atomic E-state index is 0.136. The molecule has 3 aromatic heterocycles. The van der Waals surface area contributed by atoms with Crippen LogP contribution in [0.25, 0.3) is 10.2 Å². The van der Waals surface area contributed by atoms with Crippen molar-refractivity contribution in [1.29, 1.82) is 0 Å². The number of hydrogen-bond donors (Lipinski definition) is 0. The van der Waals surface area contributed by atoms with Crippen LogP contribution in [0.2, 0.25) is 0 Å². The van der Waals surface area contributed by atoms with E-state index in [9.17, 15) is 4.79 Å². The van der Waals surface area contributed by atoms with Gasteiger partial charge in [-0.05, 0) is 66.4 Å². The molecule has 2 aliphatic rings. The molecule has 0 saturated heterocycles. The van der Waals surface area contributed by atoms with Crippen molar-refractivity contribution in [2.45, 2.75) is 82.8 Å². The van der Waals surface area contributed by atoms with Crippen molar-refractivity contribution in [2.75, 3.05) is 0 Å². The Morgan fingerprint density at radius 1 is 1.27 bits per heavy atom. The first-order valence-electron chi connectivity index (χ1n) is 11.0. The van der Waals surface area contributed by atoms with Crippen LogP contribution in [0.1, 0.15) is 68.8 Å². The van der Waals surface area contributed by atoms with Crippen LogP contribution in [0.5, 0.6) is 0 Å². The zero-order valence-corrected chi connectivity index (χ0v) is 19.4. The number of aromatic nitrogens is 6. The monoisotopic (exact) mass is 444 g/mol. The largest absolute Gasteiger partial charge is 0.287 e. The third kappa shape index (κ3) is 3.82. The fourth-order valence-electron chi connectivity index (χ4n) is 4.14. The summed E-state index contributed by atoms with van der Waals surface area (Å²) < 4.78 is 3.84. The van der Waals surface area contributed by atoms with E-state index in [2.05, 4.69) is 36.3 Å². The Morgan fingerprint density at radius 2 is 2.10 bits per heavy atom. The van der Waals surface area contributed by atoms with Gasteiger partial charge < -0.3 is 0 Å². The molecule has 9 heteroatoms. The van der Waals surface area contributed by atoms with E-state index in [1.807, 2.05) is 9.25 Å². The minimum absolute atomic E-state index is 0.136. The summed E-state index contributed by atoms with van der Waals surface area (Å²) in [5, 5.41) is 13.9. The van der Waals surface area contributed by atoms with Crippen molar-refractivity contribution >= 4 is 33.3 Å². The molecule has 3 heterocycles. The van der Waals surface area contributed by atoms with Crippen LogP contribution >= 0.6 is 23.1 Å². The van der Waals surface area contributed by atoms with Crippen molar-refractivity contribution in [3.63, 3.8) is 0 Å². The van der Waals surface area contributed by atoms with Crippen molar-refractivity contribution in [2.24, 2.45) is 11.8 Å². The van der Waals surface area contributed by atoms with Gasteiger partial charge in [-0.1, -0.05) is 32.5 Å². The molecule has 1 atom stereocenters. The van der Waals surface area contributed by atoms with Gasteiger partial charge in [0.25, 0.3) is 5.56 Å². The van der Waals surface area contributed by atoms with Gasteiger partial charge in [0.2, 0.25) is 0 Å². The number of rotatable bonds is 7. The fourth-order valence-corrected chi connectivity index (χ4v) is 6.50. The molecule has 5 rings (SSSR count). The lowest BCUT2D eigenvalue weighted by molar-refractivity contribution is 0.480. The maximum Gasteiger partial charge on any atom is 0.263 e. The van der Waals surface area contributed by atoms with E-state index in [0.29, 0.717) is 30.2 Å². The van der Waals surface area contributed by atoms with Crippen LogP contribution in [0.4, 0.5) is 0 Å². The molecule has 3 aromatic rings. The Bertz CT molecular complexity index is 1130. The molecule has 2 aliphatic carbocycles. The van der Waals surface area contributed by atoms with Crippen LogP contribution < -0.4 is 5.56 Å². The van der Waals surface area contributed by atoms with Gasteiger partial charge in [-0.15, -0.1) is 16.4 Å². The number of fused-ring (bicyclic) bond motifs is 3. The zero-order chi connectivity index (χ0) is 20.8. The Hall–Kier alpha value is -1.74. The van der Waals surface area contributed by atoms with E-state index in [0.717, 1.165) is 59.7 Å². The van der Waals surface area contributed by atoms with Crippen LogP contribution in [0.3, 0.4) is 0 Å². The lowest BCUT2D eigenvalue weighted by atomic mass is 9.89. The topological polar surface area (TPSA) is 78.5 Å². The maximum absolute atomic E-state index is 13.6. The molecule has 1 saturated carbocycles. The molecule has 1 fully saturated rings. The molecule has 0 spiro atoms. The normalized spacial score (nSPS) is 19.0. The van der Waals surface area contributed by atoms with Gasteiger partial charge in [-0.2, -0.15) is 0 Å². The van der Waals surface area contributed by atoms with E-state index in [1.54, 1.807) is 23.1 Å². The number of thioether (sulfide) groups is 1. The van der Waals surface area contributed by atoms with Crippen LogP contribution in [-0.2, 0) is 25.1 Å². The highest BCUT2D eigenvalue weighted by Crippen LogP contribution is 2.38. The molecule has 0 aromatic carbocycles. The molecular formula is C21H28N6OS2. The van der Waals surface area contributed by atoms with Gasteiger partial charge in [0, 0.05) is 11.4 Å². The number of thiophene rings is 1. The maximum atomic E-state index is 13.6. The predicted octanol–water partition coefficient (Wildman–Crippen LogP) is 4.24. The van der Waals surface area contributed by atoms with Crippen molar-refractivity contribution in [3.05, 3.63) is 26.6 Å². The van der Waals surface area contributed by atoms with Crippen molar-refractivity contribution < 1.29 is 0 Å². The van der Waals surface area contributed by atoms with Crippen molar-refractivity contribution in [1.82, 2.24) is 29.8 Å². The average molecular weight is 445 g/mol. The standard InChI is InChI=1S/C21H28N6OS2/c1-12(2)8-9-26-20(28)18-15-7-4-13(3)10-16(15)30-19(18)22-21(26)29-11-17-23-24-25-27(17)14-5-6-14/h12-14H,4-11H2,1-3H3/t13-/m1/s1. The molecule has 160 valence electrons. The molecule has 0 bridgehead atoms. The lowest BCUT2D eigenvalue weighted by Crippen LogP contribution is -2.25. The van der Waals surface area contributed by atoms with E-state index in [1.165, 1.54) is 10.4 Å². The number of hydrogen-bond acceptors (Lipinski definition) is 7. The Morgan fingerprint density at radius 3 is 2.87 bits per heavy atom. The molecule has 7 nitrogen and oxygen atoms in total. The highest BCUT2D eigenvalue weighted by Gasteiger charge is 2.28. The van der Waals surface area contributed by atoms with Gasteiger partial charge in [0.15, 0.2) is 11.0 Å². The number of tetrazole rings is 1. The van der Waals surface area contributed by atoms with Gasteiger partial charge in [-0.3, -0.25) is 9.36 Å². The van der Waals surface area contributed by atoms with Crippen LogP contribution in [-0.4, -0.2) is 29.8 Å². The van der Waals surface area contributed by atoms with Gasteiger partial charge >= 0.3 is 0 Å². The smallest absolute Gasteiger partial charge is 0.263 e. The molecule has 30 heavy (non-hydrogen) atoms. The first-order chi connectivity index (χ1) is 14.5. The van der Waals surface area contributed by atoms with E-state index in [4.69, 9.17) is 4.98 Å². The van der Waals surface area contributed by atoms with Crippen LogP contribution in [0.15, 0.2) is 9.95 Å². The number of nitrogens with zero attached hydrogens (tertiary/aromatic N) is 6. The van der Waals surface area contributed by atoms with Gasteiger partial charge in [-0.25, -0.2) is 9.67 Å². The highest BCUT2D eigenvalue weighted by atomic mass is 32.2. The van der Waals surface area contributed by atoms with E-state index >= 15 is 0 Å². The average Bonchev–Trinajstić information content (AvgIpc) is 3.32. The second-order valence-electron chi connectivity index (χ2n) is 9.13. The predicted molar refractivity (Wildman–Crippen MR) is 120 cm³/mol. The molecule has 0 aliphatic heterocycles. The second kappa shape index (κ2) is 8.07.